The highest BCUT2D eigenvalue weighted by Gasteiger charge is 2.23. The number of hydrogen-bond donors (Lipinski definition) is 2. The number of nitrogens with zero attached hydrogens (tertiary/aromatic N) is 2. The van der Waals surface area contributed by atoms with Crippen LogP contribution in [0.25, 0.3) is 0 Å². The molecule has 0 bridgehead atoms. The highest BCUT2D eigenvalue weighted by molar-refractivity contribution is 5.74. The van der Waals surface area contributed by atoms with Gasteiger partial charge in [0.15, 0.2) is 0 Å². The Morgan fingerprint density at radius 3 is 2.44 bits per heavy atom. The molecule has 4 amide bonds. The van der Waals surface area contributed by atoms with Crippen LogP contribution in [0.5, 0.6) is 0 Å². The summed E-state index contributed by atoms with van der Waals surface area (Å²) < 4.78 is 0. The third kappa shape index (κ3) is 6.64. The standard InChI is InChI=1S/C19H30N4O2/c1-22(2)19(25)23-13-10-17(11-14-23)15-21-18(24)20-12-6-9-16-7-4-3-5-8-16/h3-5,7-8,17H,6,9-15H2,1-2H3,(H2,20,21,24). The van der Waals surface area contributed by atoms with Crippen molar-refractivity contribution in [1.82, 2.24) is 20.4 Å². The Kier molecular flexibility index (Phi) is 7.57. The predicted molar refractivity (Wildman–Crippen MR) is 99.5 cm³/mol. The van der Waals surface area contributed by atoms with E-state index in [1.165, 1.54) is 5.56 Å². The summed E-state index contributed by atoms with van der Waals surface area (Å²) in [5.41, 5.74) is 1.30. The second-order valence-corrected chi connectivity index (χ2v) is 6.83. The first-order chi connectivity index (χ1) is 12.1. The Labute approximate surface area is 150 Å². The Morgan fingerprint density at radius 2 is 1.80 bits per heavy atom. The van der Waals surface area contributed by atoms with E-state index in [9.17, 15) is 9.59 Å². The molecule has 0 saturated carbocycles. The van der Waals surface area contributed by atoms with Crippen LogP contribution in [0.3, 0.4) is 0 Å². The van der Waals surface area contributed by atoms with Crippen LogP contribution in [0.4, 0.5) is 9.59 Å². The van der Waals surface area contributed by atoms with Gasteiger partial charge in [0.25, 0.3) is 0 Å². The molecule has 25 heavy (non-hydrogen) atoms. The van der Waals surface area contributed by atoms with E-state index in [0.29, 0.717) is 19.0 Å². The number of hydrogen-bond acceptors (Lipinski definition) is 2. The summed E-state index contributed by atoms with van der Waals surface area (Å²) in [4.78, 5) is 27.2. The number of benzene rings is 1. The number of likely N-dealkylation sites (tertiary alicyclic amines) is 1. The summed E-state index contributed by atoms with van der Waals surface area (Å²) >= 11 is 0. The van der Waals surface area contributed by atoms with Crippen LogP contribution < -0.4 is 10.6 Å². The second-order valence-electron chi connectivity index (χ2n) is 6.83. The number of carbonyl (C=O) groups excluding carboxylic acids is 2. The van der Waals surface area contributed by atoms with Crippen molar-refractivity contribution < 1.29 is 9.59 Å². The topological polar surface area (TPSA) is 64.7 Å². The third-order valence-electron chi connectivity index (χ3n) is 4.59. The zero-order valence-corrected chi connectivity index (χ0v) is 15.3. The summed E-state index contributed by atoms with van der Waals surface area (Å²) in [7, 11) is 3.55. The number of carbonyl (C=O) groups is 2. The van der Waals surface area contributed by atoms with Gasteiger partial charge in [-0.25, -0.2) is 9.59 Å². The van der Waals surface area contributed by atoms with Gasteiger partial charge in [0.1, 0.15) is 0 Å². The molecule has 1 aliphatic heterocycles. The first kappa shape index (κ1) is 19.1. The number of nitrogens with one attached hydrogen (secondary N) is 2. The first-order valence-corrected chi connectivity index (χ1v) is 9.08. The molecule has 1 aliphatic rings. The van der Waals surface area contributed by atoms with E-state index in [0.717, 1.165) is 38.8 Å². The Hall–Kier alpha value is -2.24. The van der Waals surface area contributed by atoms with Crippen molar-refractivity contribution >= 4 is 12.1 Å². The summed E-state index contributed by atoms with van der Waals surface area (Å²) in [6.07, 6.45) is 3.78. The molecule has 1 aromatic carbocycles. The second kappa shape index (κ2) is 9.91. The molecule has 2 N–H and O–H groups in total. The van der Waals surface area contributed by atoms with E-state index >= 15 is 0 Å². The van der Waals surface area contributed by atoms with Gasteiger partial charge in [-0.15, -0.1) is 0 Å². The summed E-state index contributed by atoms with van der Waals surface area (Å²) in [6.45, 7) is 2.88. The molecule has 1 aromatic rings. The van der Waals surface area contributed by atoms with Crippen molar-refractivity contribution in [3.63, 3.8) is 0 Å². The number of piperidine rings is 1. The molecule has 0 radical (unpaired) electrons. The molecule has 2 rings (SSSR count). The van der Waals surface area contributed by atoms with Gasteiger partial charge in [0, 0.05) is 40.3 Å². The minimum absolute atomic E-state index is 0.0718. The molecule has 0 unspecified atom stereocenters. The third-order valence-corrected chi connectivity index (χ3v) is 4.59. The van der Waals surface area contributed by atoms with Gasteiger partial charge in [-0.3, -0.25) is 0 Å². The fourth-order valence-electron chi connectivity index (χ4n) is 3.05. The van der Waals surface area contributed by atoms with Gasteiger partial charge >= 0.3 is 12.1 Å². The van der Waals surface area contributed by atoms with Crippen LogP contribution in [-0.4, -0.2) is 62.1 Å². The van der Waals surface area contributed by atoms with Gasteiger partial charge < -0.3 is 20.4 Å². The molecule has 0 aliphatic carbocycles. The minimum Gasteiger partial charge on any atom is -0.338 e. The Balaban J connectivity index is 1.54. The fourth-order valence-corrected chi connectivity index (χ4v) is 3.05. The van der Waals surface area contributed by atoms with Gasteiger partial charge in [-0.2, -0.15) is 0 Å². The molecular formula is C19H30N4O2. The van der Waals surface area contributed by atoms with Crippen molar-refractivity contribution in [2.75, 3.05) is 40.3 Å². The lowest BCUT2D eigenvalue weighted by atomic mass is 9.97. The van der Waals surface area contributed by atoms with E-state index in [4.69, 9.17) is 0 Å². The normalized spacial score (nSPS) is 14.9. The van der Waals surface area contributed by atoms with Crippen LogP contribution in [0.15, 0.2) is 30.3 Å². The monoisotopic (exact) mass is 346 g/mol. The van der Waals surface area contributed by atoms with E-state index in [2.05, 4.69) is 22.8 Å². The van der Waals surface area contributed by atoms with Crippen LogP contribution in [0.1, 0.15) is 24.8 Å². The summed E-state index contributed by atoms with van der Waals surface area (Å²) in [5, 5.41) is 5.87. The van der Waals surface area contributed by atoms with E-state index in [1.54, 1.807) is 19.0 Å². The van der Waals surface area contributed by atoms with Crippen LogP contribution in [0.2, 0.25) is 0 Å². The van der Waals surface area contributed by atoms with Crippen molar-refractivity contribution in [2.45, 2.75) is 25.7 Å². The Morgan fingerprint density at radius 1 is 1.12 bits per heavy atom. The van der Waals surface area contributed by atoms with E-state index < -0.39 is 0 Å². The van der Waals surface area contributed by atoms with Gasteiger partial charge in [0.2, 0.25) is 0 Å². The molecule has 138 valence electrons. The zero-order chi connectivity index (χ0) is 18.1. The molecule has 6 nitrogen and oxygen atoms in total. The summed E-state index contributed by atoms with van der Waals surface area (Å²) in [5.74, 6) is 0.446. The molecular weight excluding hydrogens is 316 g/mol. The first-order valence-electron chi connectivity index (χ1n) is 9.08. The molecule has 0 atom stereocenters. The average molecular weight is 346 g/mol. The predicted octanol–water partition coefficient (Wildman–Crippen LogP) is 2.31. The lowest BCUT2D eigenvalue weighted by Gasteiger charge is -2.33. The zero-order valence-electron chi connectivity index (χ0n) is 15.3. The summed E-state index contributed by atoms with van der Waals surface area (Å²) in [6, 6.07) is 10.3. The van der Waals surface area contributed by atoms with Crippen LogP contribution in [-0.2, 0) is 6.42 Å². The number of amides is 4. The maximum Gasteiger partial charge on any atom is 0.319 e. The van der Waals surface area contributed by atoms with Crippen molar-refractivity contribution in [3.8, 4) is 0 Å². The van der Waals surface area contributed by atoms with E-state index in [-0.39, 0.29) is 12.1 Å². The van der Waals surface area contributed by atoms with Crippen LogP contribution >= 0.6 is 0 Å². The van der Waals surface area contributed by atoms with Gasteiger partial charge in [0.05, 0.1) is 0 Å². The van der Waals surface area contributed by atoms with Crippen LogP contribution in [0, 0.1) is 5.92 Å². The smallest absolute Gasteiger partial charge is 0.319 e. The number of rotatable bonds is 6. The largest absolute Gasteiger partial charge is 0.338 e. The molecule has 0 aromatic heterocycles. The maximum atomic E-state index is 11.9. The molecule has 1 saturated heterocycles. The minimum atomic E-state index is -0.0974. The van der Waals surface area contributed by atoms with Gasteiger partial charge in [-0.05, 0) is 37.2 Å². The highest BCUT2D eigenvalue weighted by atomic mass is 16.2. The van der Waals surface area contributed by atoms with E-state index in [1.807, 2.05) is 23.1 Å². The lowest BCUT2D eigenvalue weighted by molar-refractivity contribution is 0.147. The van der Waals surface area contributed by atoms with Crippen molar-refractivity contribution in [2.24, 2.45) is 5.92 Å². The molecule has 0 spiro atoms. The van der Waals surface area contributed by atoms with Gasteiger partial charge in [-0.1, -0.05) is 30.3 Å². The number of urea groups is 2. The fraction of sp³-hybridized carbons (Fsp3) is 0.579. The molecule has 1 heterocycles. The average Bonchev–Trinajstić information content (AvgIpc) is 2.64. The quantitative estimate of drug-likeness (QED) is 0.777. The lowest BCUT2D eigenvalue weighted by Crippen LogP contribution is -2.46. The molecule has 6 heteroatoms. The molecule has 1 fully saturated rings. The SMILES string of the molecule is CN(C)C(=O)N1CCC(CNC(=O)NCCCc2ccccc2)CC1. The van der Waals surface area contributed by atoms with Crippen molar-refractivity contribution in [3.05, 3.63) is 35.9 Å². The maximum absolute atomic E-state index is 11.9. The number of aryl methyl sites for hydroxylation is 1. The highest BCUT2D eigenvalue weighted by Crippen LogP contribution is 2.17. The van der Waals surface area contributed by atoms with Crippen molar-refractivity contribution in [1.29, 1.82) is 0 Å². The Bertz CT molecular complexity index is 540.